The first-order valence-corrected chi connectivity index (χ1v) is 10.2. The second kappa shape index (κ2) is 8.88. The molecule has 2 aromatic rings. The summed E-state index contributed by atoms with van der Waals surface area (Å²) in [4.78, 5) is 14.6. The van der Waals surface area contributed by atoms with Crippen LogP contribution in [0.2, 0.25) is 0 Å². The van der Waals surface area contributed by atoms with Crippen LogP contribution in [0.3, 0.4) is 0 Å². The smallest absolute Gasteiger partial charge is 0.254 e. The van der Waals surface area contributed by atoms with Gasteiger partial charge in [-0.2, -0.15) is 5.10 Å². The van der Waals surface area contributed by atoms with Gasteiger partial charge < -0.3 is 15.0 Å². The predicted octanol–water partition coefficient (Wildman–Crippen LogP) is 3.06. The van der Waals surface area contributed by atoms with Crippen LogP contribution >= 0.6 is 0 Å². The Balaban J connectivity index is 1.56. The molecule has 6 heteroatoms. The summed E-state index contributed by atoms with van der Waals surface area (Å²) in [5.74, 6) is 0.0831. The summed E-state index contributed by atoms with van der Waals surface area (Å²) in [6.07, 6.45) is 0.167. The van der Waals surface area contributed by atoms with Crippen molar-refractivity contribution in [1.82, 2.24) is 20.0 Å². The second-order valence-electron chi connectivity index (χ2n) is 7.73. The van der Waals surface area contributed by atoms with Crippen molar-refractivity contribution in [3.05, 3.63) is 52.3 Å². The highest BCUT2D eigenvalue weighted by Crippen LogP contribution is 2.16. The number of carbonyl (C=O) groups excluding carboxylic acids is 1. The van der Waals surface area contributed by atoms with Crippen molar-refractivity contribution in [2.24, 2.45) is 0 Å². The van der Waals surface area contributed by atoms with E-state index in [0.717, 1.165) is 30.9 Å². The number of benzene rings is 1. The lowest BCUT2D eigenvalue weighted by Gasteiger charge is -2.35. The summed E-state index contributed by atoms with van der Waals surface area (Å²) < 4.78 is 7.76. The molecule has 1 amide bonds. The molecule has 6 nitrogen and oxygen atoms in total. The Bertz CT molecular complexity index is 803. The second-order valence-corrected chi connectivity index (χ2v) is 7.73. The van der Waals surface area contributed by atoms with Crippen molar-refractivity contribution < 1.29 is 9.53 Å². The Morgan fingerprint density at radius 2 is 1.79 bits per heavy atom. The lowest BCUT2D eigenvalue weighted by atomic mass is 10.1. The van der Waals surface area contributed by atoms with E-state index in [1.807, 2.05) is 47.7 Å². The topological polar surface area (TPSA) is 59.4 Å². The first-order valence-electron chi connectivity index (χ1n) is 10.2. The third-order valence-electron chi connectivity index (χ3n) is 5.37. The van der Waals surface area contributed by atoms with E-state index in [0.29, 0.717) is 13.1 Å². The zero-order chi connectivity index (χ0) is 20.3. The zero-order valence-electron chi connectivity index (χ0n) is 17.7. The number of nitrogens with zero attached hydrogens (tertiary/aromatic N) is 3. The highest BCUT2D eigenvalue weighted by molar-refractivity contribution is 5.94. The minimum absolute atomic E-state index is 0.0831. The van der Waals surface area contributed by atoms with Crippen LogP contribution in [0.25, 0.3) is 0 Å². The summed E-state index contributed by atoms with van der Waals surface area (Å²) in [5.41, 5.74) is 5.48. The van der Waals surface area contributed by atoms with E-state index < -0.39 is 0 Å². The number of morpholine rings is 1. The van der Waals surface area contributed by atoms with Crippen molar-refractivity contribution >= 4 is 5.91 Å². The quantitative estimate of drug-likeness (QED) is 0.832. The minimum Gasteiger partial charge on any atom is -0.372 e. The van der Waals surface area contributed by atoms with Gasteiger partial charge in [-0.25, -0.2) is 0 Å². The molecular weight excluding hydrogens is 352 g/mol. The fourth-order valence-corrected chi connectivity index (χ4v) is 3.92. The standard InChI is InChI=1S/C22H32N4O2/c1-6-26-18(5)21(17(4)24-26)12-23-11-19-7-9-20(10-8-19)22(27)25-13-15(2)28-16(3)14-25/h7-10,15-16,23H,6,11-14H2,1-5H3. The molecule has 1 aliphatic rings. The molecule has 0 bridgehead atoms. The van der Waals surface area contributed by atoms with Gasteiger partial charge in [-0.1, -0.05) is 12.1 Å². The van der Waals surface area contributed by atoms with Gasteiger partial charge in [0.1, 0.15) is 0 Å². The van der Waals surface area contributed by atoms with Crippen LogP contribution in [0.4, 0.5) is 0 Å². The fraction of sp³-hybridized carbons (Fsp3) is 0.545. The summed E-state index contributed by atoms with van der Waals surface area (Å²) >= 11 is 0. The molecule has 1 N–H and O–H groups in total. The number of amides is 1. The minimum atomic E-state index is 0.0831. The normalized spacial score (nSPS) is 19.8. The average Bonchev–Trinajstić information content (AvgIpc) is 2.94. The molecule has 28 heavy (non-hydrogen) atoms. The predicted molar refractivity (Wildman–Crippen MR) is 110 cm³/mol. The third kappa shape index (κ3) is 4.62. The van der Waals surface area contributed by atoms with Crippen LogP contribution in [-0.4, -0.2) is 45.9 Å². The monoisotopic (exact) mass is 384 g/mol. The van der Waals surface area contributed by atoms with E-state index in [2.05, 4.69) is 31.2 Å². The van der Waals surface area contributed by atoms with Gasteiger partial charge in [-0.05, 0) is 52.3 Å². The molecule has 1 saturated heterocycles. The first-order chi connectivity index (χ1) is 13.4. The summed E-state index contributed by atoms with van der Waals surface area (Å²) in [7, 11) is 0. The van der Waals surface area contributed by atoms with Gasteiger partial charge in [0.05, 0.1) is 17.9 Å². The van der Waals surface area contributed by atoms with Crippen molar-refractivity contribution in [2.45, 2.75) is 66.5 Å². The Labute approximate surface area is 167 Å². The van der Waals surface area contributed by atoms with Crippen LogP contribution in [0.5, 0.6) is 0 Å². The molecule has 1 fully saturated rings. The molecule has 2 heterocycles. The number of hydrogen-bond acceptors (Lipinski definition) is 4. The molecule has 152 valence electrons. The van der Waals surface area contributed by atoms with Crippen molar-refractivity contribution in [3.63, 3.8) is 0 Å². The van der Waals surface area contributed by atoms with Gasteiger partial charge in [0, 0.05) is 49.5 Å². The van der Waals surface area contributed by atoms with Gasteiger partial charge in [0.2, 0.25) is 0 Å². The van der Waals surface area contributed by atoms with E-state index in [1.54, 1.807) is 0 Å². The summed E-state index contributed by atoms with van der Waals surface area (Å²) in [6.45, 7) is 14.1. The summed E-state index contributed by atoms with van der Waals surface area (Å²) in [5, 5.41) is 8.06. The molecule has 0 spiro atoms. The van der Waals surface area contributed by atoms with E-state index in [9.17, 15) is 4.79 Å². The largest absolute Gasteiger partial charge is 0.372 e. The molecule has 3 rings (SSSR count). The van der Waals surface area contributed by atoms with Crippen LogP contribution in [0.15, 0.2) is 24.3 Å². The number of nitrogens with one attached hydrogen (secondary N) is 1. The Morgan fingerprint density at radius 3 is 2.36 bits per heavy atom. The van der Waals surface area contributed by atoms with E-state index in [-0.39, 0.29) is 18.1 Å². The number of carbonyl (C=O) groups is 1. The molecular formula is C22H32N4O2. The lowest BCUT2D eigenvalue weighted by Crippen LogP contribution is -2.48. The number of hydrogen-bond donors (Lipinski definition) is 1. The maximum atomic E-state index is 12.8. The van der Waals surface area contributed by atoms with E-state index >= 15 is 0 Å². The van der Waals surface area contributed by atoms with Gasteiger partial charge in [0.25, 0.3) is 5.91 Å². The Kier molecular flexibility index (Phi) is 6.52. The van der Waals surface area contributed by atoms with Crippen LogP contribution in [-0.2, 0) is 24.4 Å². The molecule has 1 aliphatic heterocycles. The third-order valence-corrected chi connectivity index (χ3v) is 5.37. The summed E-state index contributed by atoms with van der Waals surface area (Å²) in [6, 6.07) is 7.91. The van der Waals surface area contributed by atoms with Gasteiger partial charge in [0.15, 0.2) is 0 Å². The zero-order valence-corrected chi connectivity index (χ0v) is 17.7. The SMILES string of the molecule is CCn1nc(C)c(CNCc2ccc(C(=O)N3CC(C)OC(C)C3)cc2)c1C. The number of ether oxygens (including phenoxy) is 1. The molecule has 2 atom stereocenters. The number of aryl methyl sites for hydroxylation is 2. The molecule has 0 saturated carbocycles. The first kappa shape index (κ1) is 20.6. The fourth-order valence-electron chi connectivity index (χ4n) is 3.92. The maximum Gasteiger partial charge on any atom is 0.254 e. The lowest BCUT2D eigenvalue weighted by molar-refractivity contribution is -0.0586. The number of rotatable bonds is 6. The Hall–Kier alpha value is -2.18. The van der Waals surface area contributed by atoms with E-state index in [4.69, 9.17) is 4.74 Å². The van der Waals surface area contributed by atoms with Crippen LogP contribution in [0, 0.1) is 13.8 Å². The molecule has 1 aromatic carbocycles. The number of aromatic nitrogens is 2. The van der Waals surface area contributed by atoms with Crippen LogP contribution in [0.1, 0.15) is 53.6 Å². The van der Waals surface area contributed by atoms with Crippen molar-refractivity contribution in [2.75, 3.05) is 13.1 Å². The molecule has 0 aliphatic carbocycles. The highest BCUT2D eigenvalue weighted by Gasteiger charge is 2.26. The van der Waals surface area contributed by atoms with Crippen molar-refractivity contribution in [1.29, 1.82) is 0 Å². The van der Waals surface area contributed by atoms with Gasteiger partial charge in [-0.3, -0.25) is 9.48 Å². The highest BCUT2D eigenvalue weighted by atomic mass is 16.5. The van der Waals surface area contributed by atoms with Gasteiger partial charge in [-0.15, -0.1) is 0 Å². The molecule has 0 radical (unpaired) electrons. The van der Waals surface area contributed by atoms with Crippen molar-refractivity contribution in [3.8, 4) is 0 Å². The Morgan fingerprint density at radius 1 is 1.14 bits per heavy atom. The molecule has 1 aromatic heterocycles. The molecule has 2 unspecified atom stereocenters. The maximum absolute atomic E-state index is 12.8. The van der Waals surface area contributed by atoms with Gasteiger partial charge >= 0.3 is 0 Å². The van der Waals surface area contributed by atoms with E-state index in [1.165, 1.54) is 16.8 Å². The average molecular weight is 385 g/mol. The van der Waals surface area contributed by atoms with Crippen LogP contribution < -0.4 is 5.32 Å².